The quantitative estimate of drug-likeness (QED) is 0.524. The lowest BCUT2D eigenvalue weighted by Crippen LogP contribution is -2.13. The highest BCUT2D eigenvalue weighted by Crippen LogP contribution is 2.37. The van der Waals surface area contributed by atoms with Crippen molar-refractivity contribution >= 4 is 27.3 Å². The molecule has 21 heavy (non-hydrogen) atoms. The molecule has 114 valence electrons. The number of hydrogen-bond acceptors (Lipinski definition) is 1. The van der Waals surface area contributed by atoms with Crippen molar-refractivity contribution in [2.75, 3.05) is 11.5 Å². The fraction of sp³-hybridized carbons (Fsp3) is 0.632. The molecule has 1 aliphatic heterocycles. The molecule has 0 amide bonds. The molecule has 1 saturated carbocycles. The SMILES string of the molecule is CCCC1CCC(c2ccc(C3=[S+]CCCS3)cc2)CC1. The minimum Gasteiger partial charge on any atom is -0.0654 e. The minimum absolute atomic E-state index is 0.823. The van der Waals surface area contributed by atoms with Crippen LogP contribution in [0.4, 0.5) is 0 Å². The summed E-state index contributed by atoms with van der Waals surface area (Å²) < 4.78 is 1.54. The van der Waals surface area contributed by atoms with Gasteiger partial charge in [0.25, 0.3) is 4.20 Å². The summed E-state index contributed by atoms with van der Waals surface area (Å²) in [5.41, 5.74) is 3.04. The van der Waals surface area contributed by atoms with Crippen LogP contribution in [0, 0.1) is 5.92 Å². The lowest BCUT2D eigenvalue weighted by Gasteiger charge is -2.28. The van der Waals surface area contributed by atoms with Crippen LogP contribution in [0.1, 0.15) is 68.9 Å². The van der Waals surface area contributed by atoms with Crippen LogP contribution in [-0.2, 0) is 11.4 Å². The largest absolute Gasteiger partial charge is 0.265 e. The van der Waals surface area contributed by atoms with Crippen molar-refractivity contribution in [3.8, 4) is 0 Å². The lowest BCUT2D eigenvalue weighted by molar-refractivity contribution is 0.308. The van der Waals surface area contributed by atoms with Gasteiger partial charge in [0.05, 0.1) is 0 Å². The van der Waals surface area contributed by atoms with Gasteiger partial charge >= 0.3 is 0 Å². The second-order valence-corrected chi connectivity index (χ2v) is 8.94. The zero-order valence-corrected chi connectivity index (χ0v) is 14.8. The van der Waals surface area contributed by atoms with Crippen LogP contribution >= 0.6 is 11.8 Å². The summed E-state index contributed by atoms with van der Waals surface area (Å²) in [4.78, 5) is 0. The van der Waals surface area contributed by atoms with Crippen LogP contribution in [-0.4, -0.2) is 15.7 Å². The average molecular weight is 320 g/mol. The van der Waals surface area contributed by atoms with E-state index in [2.05, 4.69) is 31.2 Å². The Labute approximate surface area is 138 Å². The molecular weight excluding hydrogens is 292 g/mol. The summed E-state index contributed by atoms with van der Waals surface area (Å²) >= 11 is 4.09. The van der Waals surface area contributed by atoms with E-state index in [0.29, 0.717) is 0 Å². The van der Waals surface area contributed by atoms with Crippen LogP contribution in [0.3, 0.4) is 0 Å². The molecule has 0 aromatic heterocycles. The Bertz CT molecular complexity index is 467. The highest BCUT2D eigenvalue weighted by Gasteiger charge is 2.23. The monoisotopic (exact) mass is 319 g/mol. The summed E-state index contributed by atoms with van der Waals surface area (Å²) in [6, 6.07) is 9.55. The van der Waals surface area contributed by atoms with Gasteiger partial charge in [0, 0.05) is 17.7 Å². The van der Waals surface area contributed by atoms with Gasteiger partial charge in [0.2, 0.25) is 0 Å². The Balaban J connectivity index is 1.61. The van der Waals surface area contributed by atoms with Gasteiger partial charge in [0.1, 0.15) is 0 Å². The third-order valence-corrected chi connectivity index (χ3v) is 7.60. The summed E-state index contributed by atoms with van der Waals surface area (Å²) in [6.45, 7) is 2.32. The maximum atomic E-state index is 2.41. The first-order valence-corrected chi connectivity index (χ1v) is 10.6. The number of hydrogen-bond donors (Lipinski definition) is 0. The average Bonchev–Trinajstić information content (AvgIpc) is 2.57. The van der Waals surface area contributed by atoms with Crippen molar-refractivity contribution in [1.82, 2.24) is 0 Å². The van der Waals surface area contributed by atoms with Gasteiger partial charge in [-0.25, -0.2) is 0 Å². The van der Waals surface area contributed by atoms with Gasteiger partial charge in [-0.05, 0) is 55.2 Å². The maximum Gasteiger partial charge on any atom is 0.265 e. The first-order chi connectivity index (χ1) is 10.4. The van der Waals surface area contributed by atoms with Gasteiger partial charge < -0.3 is 0 Å². The fourth-order valence-corrected chi connectivity index (χ4v) is 6.25. The van der Waals surface area contributed by atoms with Crippen molar-refractivity contribution in [3.05, 3.63) is 35.4 Å². The second-order valence-electron chi connectivity index (χ2n) is 6.47. The van der Waals surface area contributed by atoms with Gasteiger partial charge in [0.15, 0.2) is 17.1 Å². The molecule has 1 fully saturated rings. The van der Waals surface area contributed by atoms with E-state index in [1.807, 2.05) is 23.1 Å². The van der Waals surface area contributed by atoms with Crippen molar-refractivity contribution in [3.63, 3.8) is 0 Å². The van der Waals surface area contributed by atoms with E-state index in [1.54, 1.807) is 9.76 Å². The van der Waals surface area contributed by atoms with Crippen LogP contribution in [0.2, 0.25) is 0 Å². The molecule has 2 aliphatic rings. The molecular formula is C19H27S2+. The molecule has 0 N–H and O–H groups in total. The first kappa shape index (κ1) is 15.6. The van der Waals surface area contributed by atoms with E-state index < -0.39 is 0 Å². The summed E-state index contributed by atoms with van der Waals surface area (Å²) in [7, 11) is 0. The standard InChI is InChI=1S/C19H27S2/c1-2-4-15-5-7-16(8-6-15)17-9-11-18(12-10-17)19-20-13-3-14-21-19/h9-12,15-16H,2-8,13-14H2,1H3/q+1. The van der Waals surface area contributed by atoms with Gasteiger partial charge in [-0.2, -0.15) is 0 Å². The van der Waals surface area contributed by atoms with Crippen LogP contribution < -0.4 is 0 Å². The highest BCUT2D eigenvalue weighted by molar-refractivity contribution is 8.23. The zero-order valence-electron chi connectivity index (χ0n) is 13.1. The smallest absolute Gasteiger partial charge is 0.0654 e. The topological polar surface area (TPSA) is 0 Å². The lowest BCUT2D eigenvalue weighted by atomic mass is 9.77. The highest BCUT2D eigenvalue weighted by atomic mass is 32.2. The van der Waals surface area contributed by atoms with Crippen molar-refractivity contribution in [2.24, 2.45) is 5.92 Å². The van der Waals surface area contributed by atoms with Gasteiger partial charge in [-0.1, -0.05) is 43.7 Å². The molecule has 1 aromatic rings. The van der Waals surface area contributed by atoms with E-state index >= 15 is 0 Å². The van der Waals surface area contributed by atoms with Gasteiger partial charge in [-0.15, -0.1) is 0 Å². The molecule has 0 atom stereocenters. The van der Waals surface area contributed by atoms with Crippen molar-refractivity contribution < 1.29 is 0 Å². The molecule has 1 aliphatic carbocycles. The van der Waals surface area contributed by atoms with E-state index in [1.165, 1.54) is 62.0 Å². The summed E-state index contributed by atoms with van der Waals surface area (Å²) in [5.74, 6) is 4.43. The zero-order chi connectivity index (χ0) is 14.5. The predicted octanol–water partition coefficient (Wildman–Crippen LogP) is 5.46. The minimum atomic E-state index is 0.823. The Morgan fingerprint density at radius 2 is 1.86 bits per heavy atom. The maximum absolute atomic E-state index is 2.41. The van der Waals surface area contributed by atoms with E-state index in [-0.39, 0.29) is 0 Å². The summed E-state index contributed by atoms with van der Waals surface area (Å²) in [5, 5.41) is 0. The molecule has 1 heterocycles. The molecule has 2 heteroatoms. The number of benzene rings is 1. The van der Waals surface area contributed by atoms with E-state index in [0.717, 1.165) is 11.8 Å². The van der Waals surface area contributed by atoms with Crippen molar-refractivity contribution in [2.45, 2.75) is 57.8 Å². The van der Waals surface area contributed by atoms with E-state index in [9.17, 15) is 0 Å². The molecule has 0 unspecified atom stereocenters. The molecule has 0 saturated heterocycles. The van der Waals surface area contributed by atoms with Crippen LogP contribution in [0.5, 0.6) is 0 Å². The Kier molecular flexibility index (Phi) is 5.76. The Morgan fingerprint density at radius 3 is 2.48 bits per heavy atom. The Morgan fingerprint density at radius 1 is 1.10 bits per heavy atom. The third kappa shape index (κ3) is 4.10. The number of thioether (sulfide) groups is 1. The van der Waals surface area contributed by atoms with E-state index in [4.69, 9.17) is 0 Å². The fourth-order valence-electron chi connectivity index (χ4n) is 3.68. The van der Waals surface area contributed by atoms with Crippen molar-refractivity contribution in [1.29, 1.82) is 0 Å². The number of rotatable bonds is 4. The molecule has 0 bridgehead atoms. The molecule has 0 radical (unpaired) electrons. The summed E-state index contributed by atoms with van der Waals surface area (Å²) in [6.07, 6.45) is 9.87. The molecule has 3 rings (SSSR count). The third-order valence-electron chi connectivity index (χ3n) is 4.92. The predicted molar refractivity (Wildman–Crippen MR) is 99.5 cm³/mol. The van der Waals surface area contributed by atoms with Crippen LogP contribution in [0.25, 0.3) is 0 Å². The molecule has 0 nitrogen and oxygen atoms in total. The normalized spacial score (nSPS) is 26.4. The second kappa shape index (κ2) is 7.78. The van der Waals surface area contributed by atoms with Gasteiger partial charge in [-0.3, -0.25) is 0 Å². The molecule has 1 aromatic carbocycles. The van der Waals surface area contributed by atoms with Crippen LogP contribution in [0.15, 0.2) is 24.3 Å². The molecule has 0 spiro atoms. The first-order valence-electron chi connectivity index (χ1n) is 8.59. The Hall–Kier alpha value is -0.340.